The second-order valence-corrected chi connectivity index (χ2v) is 6.42. The maximum atomic E-state index is 6.31. The lowest BCUT2D eigenvalue weighted by Crippen LogP contribution is -2.09. The van der Waals surface area contributed by atoms with Gasteiger partial charge in [-0.3, -0.25) is 0 Å². The molecule has 0 fully saturated rings. The van der Waals surface area contributed by atoms with Crippen molar-refractivity contribution in [3.05, 3.63) is 46.0 Å². The molecular weight excluding hydrogens is 378 g/mol. The van der Waals surface area contributed by atoms with Gasteiger partial charge < -0.3 is 11.1 Å². The van der Waals surface area contributed by atoms with E-state index in [9.17, 15) is 0 Å². The first-order valence-electron chi connectivity index (χ1n) is 7.44. The topological polar surface area (TPSA) is 68.2 Å². The highest BCUT2D eigenvalue weighted by Crippen LogP contribution is 2.30. The van der Waals surface area contributed by atoms with E-state index in [1.165, 1.54) is 0 Å². The zero-order chi connectivity index (χ0) is 16.2. The van der Waals surface area contributed by atoms with Crippen LogP contribution in [0.4, 0.5) is 5.82 Å². The van der Waals surface area contributed by atoms with Crippen molar-refractivity contribution in [1.82, 2.24) is 14.6 Å². The van der Waals surface area contributed by atoms with Crippen LogP contribution in [-0.2, 0) is 0 Å². The molecule has 0 aliphatic carbocycles. The minimum atomic E-state index is 0.675. The summed E-state index contributed by atoms with van der Waals surface area (Å²) in [5.74, 6) is 0.882. The quantitative estimate of drug-likeness (QED) is 0.621. The fraction of sp³-hybridized carbons (Fsp3) is 0.250. The Morgan fingerprint density at radius 3 is 2.87 bits per heavy atom. The second-order valence-electron chi connectivity index (χ2n) is 5.16. The molecule has 0 aliphatic rings. The van der Waals surface area contributed by atoms with Crippen molar-refractivity contribution in [2.45, 2.75) is 12.8 Å². The Morgan fingerprint density at radius 2 is 2.09 bits per heavy atom. The highest BCUT2D eigenvalue weighted by Gasteiger charge is 2.12. The summed E-state index contributed by atoms with van der Waals surface area (Å²) in [7, 11) is 0. The summed E-state index contributed by atoms with van der Waals surface area (Å²) in [6, 6.07) is 9.65. The molecule has 0 amide bonds. The molecule has 0 atom stereocenters. The summed E-state index contributed by atoms with van der Waals surface area (Å²) in [5, 5.41) is 8.44. The molecule has 0 bridgehead atoms. The van der Waals surface area contributed by atoms with Crippen LogP contribution in [0.5, 0.6) is 0 Å². The normalized spacial score (nSPS) is 11.1. The molecule has 0 unspecified atom stereocenters. The first-order valence-corrected chi connectivity index (χ1v) is 8.61. The van der Waals surface area contributed by atoms with E-state index in [-0.39, 0.29) is 0 Å². The van der Waals surface area contributed by atoms with Gasteiger partial charge in [0.05, 0.1) is 16.4 Å². The number of aromatic nitrogens is 3. The minimum Gasteiger partial charge on any atom is -0.370 e. The molecule has 0 saturated carbocycles. The molecule has 3 rings (SSSR count). The summed E-state index contributed by atoms with van der Waals surface area (Å²) in [4.78, 5) is 4.68. The van der Waals surface area contributed by atoms with Crippen molar-refractivity contribution >= 4 is 39.0 Å². The number of benzene rings is 1. The number of nitrogens with zero attached hydrogens (tertiary/aromatic N) is 3. The molecule has 23 heavy (non-hydrogen) atoms. The Hall–Kier alpha value is -1.63. The molecule has 2 heterocycles. The molecule has 3 aromatic rings. The van der Waals surface area contributed by atoms with E-state index in [4.69, 9.17) is 17.3 Å². The molecule has 2 aromatic heterocycles. The van der Waals surface area contributed by atoms with E-state index in [1.54, 1.807) is 10.7 Å². The van der Waals surface area contributed by atoms with Crippen molar-refractivity contribution in [3.8, 4) is 11.3 Å². The van der Waals surface area contributed by atoms with Gasteiger partial charge in [-0.2, -0.15) is 9.61 Å². The van der Waals surface area contributed by atoms with E-state index in [0.29, 0.717) is 11.6 Å². The lowest BCUT2D eigenvalue weighted by atomic mass is 10.1. The van der Waals surface area contributed by atoms with E-state index in [2.05, 4.69) is 31.3 Å². The number of hydrogen-bond donors (Lipinski definition) is 2. The highest BCUT2D eigenvalue weighted by molar-refractivity contribution is 9.10. The Morgan fingerprint density at radius 1 is 1.26 bits per heavy atom. The predicted molar refractivity (Wildman–Crippen MR) is 97.9 cm³/mol. The molecule has 0 aliphatic heterocycles. The van der Waals surface area contributed by atoms with Crippen molar-refractivity contribution < 1.29 is 0 Å². The number of rotatable bonds is 6. The molecule has 3 N–H and O–H groups in total. The van der Waals surface area contributed by atoms with Crippen molar-refractivity contribution in [3.63, 3.8) is 0 Å². The van der Waals surface area contributed by atoms with Crippen LogP contribution in [0.25, 0.3) is 16.9 Å². The average molecular weight is 395 g/mol. The first kappa shape index (κ1) is 16.2. The third kappa shape index (κ3) is 3.49. The van der Waals surface area contributed by atoms with Gasteiger partial charge in [0.25, 0.3) is 0 Å². The van der Waals surface area contributed by atoms with E-state index >= 15 is 0 Å². The molecule has 120 valence electrons. The highest BCUT2D eigenvalue weighted by atomic mass is 79.9. The van der Waals surface area contributed by atoms with Crippen molar-refractivity contribution in [1.29, 1.82) is 0 Å². The molecule has 0 radical (unpaired) electrons. The average Bonchev–Trinajstić information content (AvgIpc) is 2.93. The van der Waals surface area contributed by atoms with Gasteiger partial charge in [-0.25, -0.2) is 4.98 Å². The summed E-state index contributed by atoms with van der Waals surface area (Å²) < 4.78 is 2.63. The third-order valence-corrected chi connectivity index (χ3v) is 4.40. The van der Waals surface area contributed by atoms with Crippen LogP contribution in [0.1, 0.15) is 12.8 Å². The van der Waals surface area contributed by atoms with Crippen LogP contribution in [-0.4, -0.2) is 27.7 Å². The van der Waals surface area contributed by atoms with Gasteiger partial charge in [0.15, 0.2) is 5.65 Å². The standard InChI is InChI=1S/C16H17BrClN5/c17-12-10-21-23-15(20-8-4-3-7-19)9-14(22-16(12)23)11-5-1-2-6-13(11)18/h1-2,5-6,9-10,20H,3-4,7-8,19H2. The number of nitrogens with two attached hydrogens (primary N) is 1. The van der Waals surface area contributed by atoms with Gasteiger partial charge in [-0.1, -0.05) is 29.8 Å². The monoisotopic (exact) mass is 393 g/mol. The van der Waals surface area contributed by atoms with Gasteiger partial charge in [-0.15, -0.1) is 0 Å². The molecule has 5 nitrogen and oxygen atoms in total. The zero-order valence-electron chi connectivity index (χ0n) is 12.5. The summed E-state index contributed by atoms with van der Waals surface area (Å²) in [6.45, 7) is 1.53. The SMILES string of the molecule is NCCCCNc1cc(-c2ccccc2Cl)nc2c(Br)cnn12. The number of unbranched alkanes of at least 4 members (excludes halogenated alkanes) is 1. The van der Waals surface area contributed by atoms with Crippen LogP contribution < -0.4 is 11.1 Å². The fourth-order valence-corrected chi connectivity index (χ4v) is 2.94. The Kier molecular flexibility index (Phi) is 5.15. The predicted octanol–water partition coefficient (Wildman–Crippen LogP) is 3.96. The Balaban J connectivity index is 2.02. The van der Waals surface area contributed by atoms with Gasteiger partial charge in [0.1, 0.15) is 5.82 Å². The Bertz CT molecular complexity index is 817. The number of anilines is 1. The molecule has 0 spiro atoms. The van der Waals surface area contributed by atoms with Crippen LogP contribution in [0.3, 0.4) is 0 Å². The van der Waals surface area contributed by atoms with Crippen LogP contribution in [0, 0.1) is 0 Å². The fourth-order valence-electron chi connectivity index (χ4n) is 2.35. The molecule has 0 saturated heterocycles. The Labute approximate surface area is 148 Å². The lowest BCUT2D eigenvalue weighted by molar-refractivity contribution is 0.768. The van der Waals surface area contributed by atoms with Crippen LogP contribution >= 0.6 is 27.5 Å². The summed E-state index contributed by atoms with van der Waals surface area (Å²) in [5.41, 5.74) is 8.00. The molecule has 7 heteroatoms. The van der Waals surface area contributed by atoms with Crippen LogP contribution in [0.15, 0.2) is 41.0 Å². The molecule has 1 aromatic carbocycles. The van der Waals surface area contributed by atoms with Crippen LogP contribution in [0.2, 0.25) is 5.02 Å². The maximum Gasteiger partial charge on any atom is 0.172 e. The maximum absolute atomic E-state index is 6.31. The first-order chi connectivity index (χ1) is 11.2. The second kappa shape index (κ2) is 7.29. The van der Waals surface area contributed by atoms with Crippen molar-refractivity contribution in [2.75, 3.05) is 18.4 Å². The smallest absolute Gasteiger partial charge is 0.172 e. The van der Waals surface area contributed by atoms with Gasteiger partial charge >= 0.3 is 0 Å². The van der Waals surface area contributed by atoms with E-state index in [0.717, 1.165) is 46.6 Å². The summed E-state index contributed by atoms with van der Waals surface area (Å²) >= 11 is 9.81. The number of hydrogen-bond acceptors (Lipinski definition) is 4. The van der Waals surface area contributed by atoms with E-state index < -0.39 is 0 Å². The van der Waals surface area contributed by atoms with E-state index in [1.807, 2.05) is 30.3 Å². The zero-order valence-corrected chi connectivity index (χ0v) is 14.8. The number of halogens is 2. The third-order valence-electron chi connectivity index (χ3n) is 3.52. The summed E-state index contributed by atoms with van der Waals surface area (Å²) in [6.07, 6.45) is 3.73. The molecular formula is C16H17BrClN5. The lowest BCUT2D eigenvalue weighted by Gasteiger charge is -2.11. The number of nitrogens with one attached hydrogen (secondary N) is 1. The van der Waals surface area contributed by atoms with Crippen molar-refractivity contribution in [2.24, 2.45) is 5.73 Å². The number of fused-ring (bicyclic) bond motifs is 1. The van der Waals surface area contributed by atoms with Gasteiger partial charge in [-0.05, 0) is 41.4 Å². The van der Waals surface area contributed by atoms with Gasteiger partial charge in [0, 0.05) is 23.2 Å². The van der Waals surface area contributed by atoms with Gasteiger partial charge in [0.2, 0.25) is 0 Å². The largest absolute Gasteiger partial charge is 0.370 e. The minimum absolute atomic E-state index is 0.675.